The van der Waals surface area contributed by atoms with E-state index in [1.54, 1.807) is 12.1 Å². The number of hydrogen-bond acceptors (Lipinski definition) is 3. The third-order valence-corrected chi connectivity index (χ3v) is 3.11. The Balaban J connectivity index is 2.17. The summed E-state index contributed by atoms with van der Waals surface area (Å²) in [5.74, 6) is 0.899. The Morgan fingerprint density at radius 2 is 1.75 bits per heavy atom. The maximum Gasteiger partial charge on any atom is 0.133 e. The predicted octanol–water partition coefficient (Wildman–Crippen LogP) is 3.61. The van der Waals surface area contributed by atoms with Gasteiger partial charge in [0.15, 0.2) is 0 Å². The third-order valence-electron chi connectivity index (χ3n) is 3.11. The monoisotopic (exact) mass is 275 g/mol. The van der Waals surface area contributed by atoms with Gasteiger partial charge >= 0.3 is 0 Å². The van der Waals surface area contributed by atoms with Crippen molar-refractivity contribution < 1.29 is 13.9 Å². The number of methoxy groups -OCH3 is 1. The molecule has 0 aliphatic carbocycles. The van der Waals surface area contributed by atoms with Gasteiger partial charge < -0.3 is 15.2 Å². The van der Waals surface area contributed by atoms with Crippen LogP contribution >= 0.6 is 0 Å². The summed E-state index contributed by atoms with van der Waals surface area (Å²) in [5.41, 5.74) is 8.83. The summed E-state index contributed by atoms with van der Waals surface area (Å²) in [4.78, 5) is 0. The average Bonchev–Trinajstić information content (AvgIpc) is 2.39. The summed E-state index contributed by atoms with van der Waals surface area (Å²) < 4.78 is 24.5. The maximum atomic E-state index is 13.8. The van der Waals surface area contributed by atoms with Crippen LogP contribution in [-0.4, -0.2) is 7.11 Å². The maximum absolute atomic E-state index is 13.8. The van der Waals surface area contributed by atoms with Crippen LogP contribution in [0.4, 0.5) is 10.1 Å². The number of aryl methyl sites for hydroxylation is 2. The summed E-state index contributed by atoms with van der Waals surface area (Å²) in [6, 6.07) is 8.40. The van der Waals surface area contributed by atoms with Crippen LogP contribution in [0.2, 0.25) is 0 Å². The van der Waals surface area contributed by atoms with E-state index in [0.717, 1.165) is 16.9 Å². The quantitative estimate of drug-likeness (QED) is 0.867. The molecule has 0 heterocycles. The summed E-state index contributed by atoms with van der Waals surface area (Å²) in [6.45, 7) is 4.01. The zero-order chi connectivity index (χ0) is 14.7. The van der Waals surface area contributed by atoms with Crippen LogP contribution < -0.4 is 15.2 Å². The second-order valence-corrected chi connectivity index (χ2v) is 4.73. The summed E-state index contributed by atoms with van der Waals surface area (Å²) in [7, 11) is 1.51. The molecule has 0 atom stereocenters. The molecule has 0 amide bonds. The second kappa shape index (κ2) is 5.82. The van der Waals surface area contributed by atoms with E-state index < -0.39 is 0 Å². The largest absolute Gasteiger partial charge is 0.497 e. The lowest BCUT2D eigenvalue weighted by atomic mass is 10.1. The first-order valence-corrected chi connectivity index (χ1v) is 6.33. The van der Waals surface area contributed by atoms with E-state index in [1.807, 2.05) is 26.0 Å². The minimum atomic E-state index is -0.338. The molecule has 0 spiro atoms. The number of benzene rings is 2. The van der Waals surface area contributed by atoms with Gasteiger partial charge in [-0.1, -0.05) is 0 Å². The highest BCUT2D eigenvalue weighted by atomic mass is 19.1. The molecule has 3 nitrogen and oxygen atoms in total. The molecule has 0 aromatic heterocycles. The number of ether oxygens (including phenoxy) is 2. The number of halogens is 1. The fraction of sp³-hybridized carbons (Fsp3) is 0.250. The molecule has 2 rings (SSSR count). The Morgan fingerprint density at radius 3 is 2.30 bits per heavy atom. The number of nitrogen functional groups attached to an aromatic ring is 1. The molecule has 106 valence electrons. The van der Waals surface area contributed by atoms with Gasteiger partial charge in [0, 0.05) is 17.3 Å². The molecule has 0 radical (unpaired) electrons. The molecule has 0 unspecified atom stereocenters. The SMILES string of the molecule is COc1ccc(COc2c(C)cc(N)cc2C)c(F)c1. The molecule has 0 saturated heterocycles. The van der Waals surface area contributed by atoms with Gasteiger partial charge in [-0.15, -0.1) is 0 Å². The summed E-state index contributed by atoms with van der Waals surface area (Å²) >= 11 is 0. The topological polar surface area (TPSA) is 44.5 Å². The first-order chi connectivity index (χ1) is 9.51. The fourth-order valence-corrected chi connectivity index (χ4v) is 2.13. The van der Waals surface area contributed by atoms with Gasteiger partial charge in [-0.25, -0.2) is 4.39 Å². The Bertz CT molecular complexity index is 603. The lowest BCUT2D eigenvalue weighted by Crippen LogP contribution is -2.02. The highest BCUT2D eigenvalue weighted by Gasteiger charge is 2.09. The third kappa shape index (κ3) is 3.02. The normalized spacial score (nSPS) is 10.4. The van der Waals surface area contributed by atoms with Crippen molar-refractivity contribution in [1.82, 2.24) is 0 Å². The van der Waals surface area contributed by atoms with E-state index in [0.29, 0.717) is 17.0 Å². The van der Waals surface area contributed by atoms with Crippen molar-refractivity contribution >= 4 is 5.69 Å². The second-order valence-electron chi connectivity index (χ2n) is 4.73. The van der Waals surface area contributed by atoms with Crippen LogP contribution in [0, 0.1) is 19.7 Å². The van der Waals surface area contributed by atoms with Gasteiger partial charge in [-0.2, -0.15) is 0 Å². The number of hydrogen-bond donors (Lipinski definition) is 1. The molecule has 20 heavy (non-hydrogen) atoms. The Hall–Kier alpha value is -2.23. The van der Waals surface area contributed by atoms with Crippen molar-refractivity contribution in [2.75, 3.05) is 12.8 Å². The fourth-order valence-electron chi connectivity index (χ4n) is 2.13. The smallest absolute Gasteiger partial charge is 0.133 e. The number of nitrogens with two attached hydrogens (primary N) is 1. The van der Waals surface area contributed by atoms with E-state index in [2.05, 4.69) is 0 Å². The van der Waals surface area contributed by atoms with Crippen molar-refractivity contribution in [3.8, 4) is 11.5 Å². The van der Waals surface area contributed by atoms with E-state index >= 15 is 0 Å². The van der Waals surface area contributed by atoms with Gasteiger partial charge in [0.2, 0.25) is 0 Å². The molecule has 0 fully saturated rings. The first-order valence-electron chi connectivity index (χ1n) is 6.33. The van der Waals surface area contributed by atoms with Crippen LogP contribution in [-0.2, 0) is 6.61 Å². The minimum Gasteiger partial charge on any atom is -0.497 e. The Morgan fingerprint density at radius 1 is 1.10 bits per heavy atom. The molecule has 0 saturated carbocycles. The van der Waals surface area contributed by atoms with Crippen molar-refractivity contribution in [1.29, 1.82) is 0 Å². The van der Waals surface area contributed by atoms with Crippen LogP contribution in [0.1, 0.15) is 16.7 Å². The molecule has 2 aromatic carbocycles. The lowest BCUT2D eigenvalue weighted by molar-refractivity contribution is 0.295. The molecule has 0 aliphatic rings. The predicted molar refractivity (Wildman–Crippen MR) is 77.6 cm³/mol. The van der Waals surface area contributed by atoms with E-state index in [4.69, 9.17) is 15.2 Å². The molecule has 2 aromatic rings. The number of rotatable bonds is 4. The lowest BCUT2D eigenvalue weighted by Gasteiger charge is -2.13. The van der Waals surface area contributed by atoms with E-state index in [-0.39, 0.29) is 12.4 Å². The Kier molecular flexibility index (Phi) is 4.13. The zero-order valence-corrected chi connectivity index (χ0v) is 11.9. The van der Waals surface area contributed by atoms with Gasteiger partial charge in [-0.05, 0) is 49.2 Å². The summed E-state index contributed by atoms with van der Waals surface area (Å²) in [6.07, 6.45) is 0. The zero-order valence-electron chi connectivity index (χ0n) is 11.9. The van der Waals surface area contributed by atoms with Crippen LogP contribution in [0.15, 0.2) is 30.3 Å². The molecule has 4 heteroatoms. The highest BCUT2D eigenvalue weighted by molar-refractivity contribution is 5.52. The molecular weight excluding hydrogens is 257 g/mol. The van der Waals surface area contributed by atoms with Crippen LogP contribution in [0.25, 0.3) is 0 Å². The van der Waals surface area contributed by atoms with Crippen LogP contribution in [0.5, 0.6) is 11.5 Å². The molecular formula is C16H18FNO2. The van der Waals surface area contributed by atoms with Gasteiger partial charge in [0.25, 0.3) is 0 Å². The standard InChI is InChI=1S/C16H18FNO2/c1-10-6-13(18)7-11(2)16(10)20-9-12-4-5-14(19-3)8-15(12)17/h4-8H,9,18H2,1-3H3. The average molecular weight is 275 g/mol. The van der Waals surface area contributed by atoms with Crippen molar-refractivity contribution in [3.63, 3.8) is 0 Å². The van der Waals surface area contributed by atoms with Crippen molar-refractivity contribution in [2.24, 2.45) is 0 Å². The highest BCUT2D eigenvalue weighted by Crippen LogP contribution is 2.27. The van der Waals surface area contributed by atoms with Gasteiger partial charge in [0.05, 0.1) is 7.11 Å². The summed E-state index contributed by atoms with van der Waals surface area (Å²) in [5, 5.41) is 0. The van der Waals surface area contributed by atoms with E-state index in [1.165, 1.54) is 13.2 Å². The molecule has 0 bridgehead atoms. The number of anilines is 1. The van der Waals surface area contributed by atoms with Gasteiger partial charge in [-0.3, -0.25) is 0 Å². The van der Waals surface area contributed by atoms with Crippen molar-refractivity contribution in [3.05, 3.63) is 52.8 Å². The first kappa shape index (κ1) is 14.2. The van der Waals surface area contributed by atoms with Crippen LogP contribution in [0.3, 0.4) is 0 Å². The van der Waals surface area contributed by atoms with Crippen molar-refractivity contribution in [2.45, 2.75) is 20.5 Å². The van der Waals surface area contributed by atoms with Gasteiger partial charge in [0.1, 0.15) is 23.9 Å². The van der Waals surface area contributed by atoms with E-state index in [9.17, 15) is 4.39 Å². The molecule has 2 N–H and O–H groups in total. The Labute approximate surface area is 118 Å². The minimum absolute atomic E-state index is 0.168. The molecule has 0 aliphatic heterocycles.